The molecule has 0 atom stereocenters. The summed E-state index contributed by atoms with van der Waals surface area (Å²) in [5, 5.41) is 4.62. The quantitative estimate of drug-likeness (QED) is 0.878. The Morgan fingerprint density at radius 2 is 2.11 bits per heavy atom. The normalized spacial score (nSPS) is 16.8. The second-order valence-corrected chi connectivity index (χ2v) is 5.29. The first-order chi connectivity index (χ1) is 8.74. The summed E-state index contributed by atoms with van der Waals surface area (Å²) in [5.41, 5.74) is 2.29. The molecule has 1 aliphatic carbocycles. The molecule has 0 amide bonds. The van der Waals surface area contributed by atoms with Gasteiger partial charge in [-0.05, 0) is 36.6 Å². The molecule has 1 N–H and O–H groups in total. The molecule has 0 spiro atoms. The van der Waals surface area contributed by atoms with Gasteiger partial charge in [-0.1, -0.05) is 12.8 Å². The molecule has 3 heteroatoms. The van der Waals surface area contributed by atoms with Crippen molar-refractivity contribution in [3.8, 4) is 0 Å². The summed E-state index contributed by atoms with van der Waals surface area (Å²) in [4.78, 5) is 0. The lowest BCUT2D eigenvalue weighted by Gasteiger charge is -2.10. The maximum Gasteiger partial charge on any atom is 0.123 e. The van der Waals surface area contributed by atoms with Crippen LogP contribution < -0.4 is 5.32 Å². The van der Waals surface area contributed by atoms with E-state index in [1.807, 2.05) is 13.1 Å². The molecule has 1 aliphatic rings. The van der Waals surface area contributed by atoms with Crippen LogP contribution in [0, 0.1) is 5.82 Å². The molecule has 1 heterocycles. The van der Waals surface area contributed by atoms with Crippen molar-refractivity contribution >= 4 is 10.9 Å². The van der Waals surface area contributed by atoms with E-state index in [1.54, 1.807) is 6.07 Å². The number of benzene rings is 1. The van der Waals surface area contributed by atoms with Gasteiger partial charge in [0.15, 0.2) is 0 Å². The van der Waals surface area contributed by atoms with Crippen molar-refractivity contribution in [1.82, 2.24) is 9.88 Å². The van der Waals surface area contributed by atoms with Crippen LogP contribution in [0.2, 0.25) is 0 Å². The van der Waals surface area contributed by atoms with Crippen molar-refractivity contribution in [3.63, 3.8) is 0 Å². The monoisotopic (exact) mass is 246 g/mol. The van der Waals surface area contributed by atoms with Gasteiger partial charge in [0.1, 0.15) is 5.82 Å². The Kier molecular flexibility index (Phi) is 3.08. The maximum absolute atomic E-state index is 13.3. The van der Waals surface area contributed by atoms with Gasteiger partial charge < -0.3 is 9.88 Å². The lowest BCUT2D eigenvalue weighted by atomic mass is 10.1. The first kappa shape index (κ1) is 11.7. The minimum absolute atomic E-state index is 0.157. The smallest absolute Gasteiger partial charge is 0.123 e. The van der Waals surface area contributed by atoms with Crippen molar-refractivity contribution in [3.05, 3.63) is 35.8 Å². The van der Waals surface area contributed by atoms with Gasteiger partial charge >= 0.3 is 0 Å². The molecule has 1 saturated carbocycles. The number of nitrogens with one attached hydrogen (secondary N) is 1. The third kappa shape index (κ3) is 2.15. The van der Waals surface area contributed by atoms with Gasteiger partial charge in [-0.2, -0.15) is 0 Å². The fourth-order valence-corrected chi connectivity index (χ4v) is 2.97. The summed E-state index contributed by atoms with van der Waals surface area (Å²) in [7, 11) is 2.01. The largest absolute Gasteiger partial charge is 0.350 e. The number of nitrogens with zero attached hydrogens (tertiary/aromatic N) is 1. The van der Waals surface area contributed by atoms with Crippen LogP contribution in [-0.4, -0.2) is 10.6 Å². The van der Waals surface area contributed by atoms with E-state index < -0.39 is 0 Å². The summed E-state index contributed by atoms with van der Waals surface area (Å²) in [6.45, 7) is 0.839. The topological polar surface area (TPSA) is 17.0 Å². The molecular formula is C15H19FN2. The summed E-state index contributed by atoms with van der Waals surface area (Å²) >= 11 is 0. The molecule has 2 nitrogen and oxygen atoms in total. The third-order valence-electron chi connectivity index (χ3n) is 3.97. The Morgan fingerprint density at radius 3 is 2.89 bits per heavy atom. The van der Waals surface area contributed by atoms with Crippen LogP contribution >= 0.6 is 0 Å². The highest BCUT2D eigenvalue weighted by Gasteiger charge is 2.15. The fourth-order valence-electron chi connectivity index (χ4n) is 2.97. The number of hydrogen-bond donors (Lipinski definition) is 1. The zero-order valence-electron chi connectivity index (χ0n) is 10.7. The summed E-state index contributed by atoms with van der Waals surface area (Å²) in [5.74, 6) is -0.157. The molecule has 0 saturated heterocycles. The van der Waals surface area contributed by atoms with Gasteiger partial charge in [0, 0.05) is 36.7 Å². The molecule has 1 fully saturated rings. The van der Waals surface area contributed by atoms with Crippen LogP contribution in [0.4, 0.5) is 4.39 Å². The van der Waals surface area contributed by atoms with E-state index in [9.17, 15) is 4.39 Å². The lowest BCUT2D eigenvalue weighted by Crippen LogP contribution is -2.25. The van der Waals surface area contributed by atoms with Gasteiger partial charge in [0.2, 0.25) is 0 Å². The average Bonchev–Trinajstić information content (AvgIpc) is 2.95. The van der Waals surface area contributed by atoms with E-state index in [0.29, 0.717) is 6.04 Å². The van der Waals surface area contributed by atoms with Crippen LogP contribution in [0.15, 0.2) is 24.4 Å². The minimum atomic E-state index is -0.157. The Morgan fingerprint density at radius 1 is 1.33 bits per heavy atom. The highest BCUT2D eigenvalue weighted by atomic mass is 19.1. The zero-order chi connectivity index (χ0) is 12.5. The number of rotatable bonds is 3. The standard InChI is InChI=1S/C15H19FN2/c1-18-10-11(9-17-13-4-2-3-5-13)14-8-12(16)6-7-15(14)18/h6-8,10,13,17H,2-5,9H2,1H3. The first-order valence-corrected chi connectivity index (χ1v) is 6.71. The van der Waals surface area contributed by atoms with Crippen molar-refractivity contribution < 1.29 is 4.39 Å². The van der Waals surface area contributed by atoms with E-state index in [-0.39, 0.29) is 5.82 Å². The van der Waals surface area contributed by atoms with Crippen LogP contribution in [0.25, 0.3) is 10.9 Å². The van der Waals surface area contributed by atoms with Crippen LogP contribution in [-0.2, 0) is 13.6 Å². The predicted octanol–water partition coefficient (Wildman–Crippen LogP) is 3.35. The summed E-state index contributed by atoms with van der Waals surface area (Å²) in [6, 6.07) is 5.66. The number of halogens is 1. The molecule has 96 valence electrons. The number of aryl methyl sites for hydroxylation is 1. The summed E-state index contributed by atoms with van der Waals surface area (Å²) < 4.78 is 15.4. The fraction of sp³-hybridized carbons (Fsp3) is 0.467. The van der Waals surface area contributed by atoms with E-state index in [4.69, 9.17) is 0 Å². The molecule has 2 aromatic rings. The van der Waals surface area contributed by atoms with E-state index >= 15 is 0 Å². The number of aromatic nitrogens is 1. The molecule has 0 bridgehead atoms. The Bertz CT molecular complexity index is 553. The highest BCUT2D eigenvalue weighted by Crippen LogP contribution is 2.23. The first-order valence-electron chi connectivity index (χ1n) is 6.71. The molecule has 18 heavy (non-hydrogen) atoms. The molecular weight excluding hydrogens is 227 g/mol. The van der Waals surface area contributed by atoms with Gasteiger partial charge in [0.25, 0.3) is 0 Å². The molecule has 1 aromatic heterocycles. The SMILES string of the molecule is Cn1cc(CNC2CCCC2)c2cc(F)ccc21. The van der Waals surface area contributed by atoms with Gasteiger partial charge in [-0.15, -0.1) is 0 Å². The lowest BCUT2D eigenvalue weighted by molar-refractivity contribution is 0.525. The Hall–Kier alpha value is -1.35. The summed E-state index contributed by atoms with van der Waals surface area (Å²) in [6.07, 6.45) is 7.33. The van der Waals surface area contributed by atoms with Gasteiger partial charge in [-0.25, -0.2) is 4.39 Å². The molecule has 0 unspecified atom stereocenters. The van der Waals surface area contributed by atoms with Gasteiger partial charge in [-0.3, -0.25) is 0 Å². The van der Waals surface area contributed by atoms with E-state index in [0.717, 1.165) is 17.4 Å². The van der Waals surface area contributed by atoms with Crippen molar-refractivity contribution in [2.24, 2.45) is 7.05 Å². The Balaban J connectivity index is 1.84. The highest BCUT2D eigenvalue weighted by molar-refractivity contribution is 5.83. The number of fused-ring (bicyclic) bond motifs is 1. The second-order valence-electron chi connectivity index (χ2n) is 5.29. The van der Waals surface area contributed by atoms with Crippen molar-refractivity contribution in [2.75, 3.05) is 0 Å². The van der Waals surface area contributed by atoms with Crippen LogP contribution in [0.5, 0.6) is 0 Å². The molecule has 0 radical (unpaired) electrons. The molecule has 3 rings (SSSR count). The van der Waals surface area contributed by atoms with Crippen molar-refractivity contribution in [2.45, 2.75) is 38.3 Å². The Labute approximate surface area is 107 Å². The second kappa shape index (κ2) is 4.73. The van der Waals surface area contributed by atoms with Crippen LogP contribution in [0.1, 0.15) is 31.2 Å². The zero-order valence-corrected chi connectivity index (χ0v) is 10.7. The molecule has 0 aliphatic heterocycles. The maximum atomic E-state index is 13.3. The number of hydrogen-bond acceptors (Lipinski definition) is 1. The van der Waals surface area contributed by atoms with E-state index in [1.165, 1.54) is 37.3 Å². The average molecular weight is 246 g/mol. The van der Waals surface area contributed by atoms with Crippen molar-refractivity contribution in [1.29, 1.82) is 0 Å². The predicted molar refractivity (Wildman–Crippen MR) is 72.0 cm³/mol. The third-order valence-corrected chi connectivity index (χ3v) is 3.97. The van der Waals surface area contributed by atoms with Crippen LogP contribution in [0.3, 0.4) is 0 Å². The molecule has 1 aromatic carbocycles. The minimum Gasteiger partial charge on any atom is -0.350 e. The van der Waals surface area contributed by atoms with Gasteiger partial charge in [0.05, 0.1) is 0 Å². The van der Waals surface area contributed by atoms with E-state index in [2.05, 4.69) is 16.1 Å².